The zero-order valence-electron chi connectivity index (χ0n) is 10.4. The van der Waals surface area contributed by atoms with E-state index in [1.165, 1.54) is 0 Å². The van der Waals surface area contributed by atoms with Crippen molar-refractivity contribution >= 4 is 22.2 Å². The molecule has 0 spiro atoms. The zero-order chi connectivity index (χ0) is 13.8. The Morgan fingerprint density at radius 1 is 1.32 bits per heavy atom. The number of carbonyl (C=O) groups is 1. The van der Waals surface area contributed by atoms with Gasteiger partial charge in [0.1, 0.15) is 18.1 Å². The van der Waals surface area contributed by atoms with Crippen LogP contribution in [0.4, 0.5) is 0 Å². The number of aromatic hydroxyl groups is 1. The van der Waals surface area contributed by atoms with Crippen molar-refractivity contribution < 1.29 is 14.6 Å². The first kappa shape index (κ1) is 13.6. The van der Waals surface area contributed by atoms with Crippen LogP contribution >= 0.6 is 15.9 Å². The van der Waals surface area contributed by atoms with Gasteiger partial charge in [-0.15, -0.1) is 0 Å². The summed E-state index contributed by atoms with van der Waals surface area (Å²) in [6.45, 7) is 2.19. The fourth-order valence-electron chi connectivity index (χ4n) is 1.84. The summed E-state index contributed by atoms with van der Waals surface area (Å²) in [6, 6.07) is 10.5. The largest absolute Gasteiger partial charge is 0.508 e. The Hall–Kier alpha value is -1.81. The lowest BCUT2D eigenvalue weighted by atomic mass is 10.1. The second kappa shape index (κ2) is 5.89. The topological polar surface area (TPSA) is 46.5 Å². The van der Waals surface area contributed by atoms with E-state index in [0.29, 0.717) is 17.9 Å². The van der Waals surface area contributed by atoms with Crippen molar-refractivity contribution in [3.63, 3.8) is 0 Å². The van der Waals surface area contributed by atoms with Crippen molar-refractivity contribution in [1.82, 2.24) is 0 Å². The monoisotopic (exact) mass is 320 g/mol. The molecule has 0 aliphatic heterocycles. The quantitative estimate of drug-likeness (QED) is 0.870. The molecule has 0 saturated heterocycles. The van der Waals surface area contributed by atoms with Crippen LogP contribution in [0, 0.1) is 6.92 Å². The molecule has 0 heterocycles. The number of phenols is 1. The Balaban J connectivity index is 2.22. The smallest absolute Gasteiger partial charge is 0.153 e. The third kappa shape index (κ3) is 3.35. The van der Waals surface area contributed by atoms with E-state index >= 15 is 0 Å². The van der Waals surface area contributed by atoms with Crippen molar-refractivity contribution in [2.45, 2.75) is 13.5 Å². The predicted octanol–water partition coefficient (Wildman–Crippen LogP) is 3.85. The normalized spacial score (nSPS) is 10.2. The Kier molecular flexibility index (Phi) is 4.22. The minimum absolute atomic E-state index is 0.198. The maximum Gasteiger partial charge on any atom is 0.153 e. The highest BCUT2D eigenvalue weighted by Crippen LogP contribution is 2.27. The molecule has 0 amide bonds. The van der Waals surface area contributed by atoms with Crippen LogP contribution in [0.1, 0.15) is 21.5 Å². The number of aldehydes is 1. The number of benzene rings is 2. The van der Waals surface area contributed by atoms with Crippen molar-refractivity contribution in [1.29, 1.82) is 0 Å². The molecule has 0 aliphatic rings. The fraction of sp³-hybridized carbons (Fsp3) is 0.133. The summed E-state index contributed by atoms with van der Waals surface area (Å²) >= 11 is 3.35. The van der Waals surface area contributed by atoms with Gasteiger partial charge in [0.2, 0.25) is 0 Å². The number of aryl methyl sites for hydroxylation is 1. The number of halogens is 1. The van der Waals surface area contributed by atoms with E-state index < -0.39 is 0 Å². The lowest BCUT2D eigenvalue weighted by Crippen LogP contribution is -2.00. The SMILES string of the molecule is Cc1cc(Br)cc(C=O)c1OCc1cccc(O)c1. The molecule has 2 aromatic carbocycles. The summed E-state index contributed by atoms with van der Waals surface area (Å²) in [5.74, 6) is 0.769. The van der Waals surface area contributed by atoms with Crippen molar-refractivity contribution in [2.75, 3.05) is 0 Å². The highest BCUT2D eigenvalue weighted by Gasteiger charge is 2.09. The molecule has 0 radical (unpaired) electrons. The molecule has 2 aromatic rings. The second-order valence-corrected chi connectivity index (χ2v) is 5.13. The zero-order valence-corrected chi connectivity index (χ0v) is 12.0. The number of rotatable bonds is 4. The van der Waals surface area contributed by atoms with Gasteiger partial charge in [-0.3, -0.25) is 4.79 Å². The number of ether oxygens (including phenoxy) is 1. The Morgan fingerprint density at radius 3 is 2.79 bits per heavy atom. The minimum atomic E-state index is 0.198. The van der Waals surface area contributed by atoms with Gasteiger partial charge < -0.3 is 9.84 Å². The average Bonchev–Trinajstić information content (AvgIpc) is 2.37. The maximum atomic E-state index is 11.1. The second-order valence-electron chi connectivity index (χ2n) is 4.22. The fourth-order valence-corrected chi connectivity index (χ4v) is 2.43. The van der Waals surface area contributed by atoms with E-state index in [1.807, 2.05) is 19.1 Å². The van der Waals surface area contributed by atoms with Gasteiger partial charge in [0, 0.05) is 4.47 Å². The number of phenolic OH excluding ortho intramolecular Hbond substituents is 1. The Bertz CT molecular complexity index is 608. The van der Waals surface area contributed by atoms with Crippen LogP contribution in [-0.4, -0.2) is 11.4 Å². The third-order valence-corrected chi connectivity index (χ3v) is 3.15. The molecule has 1 N–H and O–H groups in total. The molecule has 4 heteroatoms. The summed E-state index contributed by atoms with van der Waals surface area (Å²) < 4.78 is 6.54. The van der Waals surface area contributed by atoms with Crippen LogP contribution < -0.4 is 4.74 Å². The lowest BCUT2D eigenvalue weighted by molar-refractivity contribution is 0.111. The van der Waals surface area contributed by atoms with Crippen molar-refractivity contribution in [3.8, 4) is 11.5 Å². The first-order chi connectivity index (χ1) is 9.10. The Labute approximate surface area is 120 Å². The lowest BCUT2D eigenvalue weighted by Gasteiger charge is -2.12. The van der Waals surface area contributed by atoms with Crippen LogP contribution in [0.2, 0.25) is 0 Å². The minimum Gasteiger partial charge on any atom is -0.508 e. The van der Waals surface area contributed by atoms with Crippen molar-refractivity contribution in [2.24, 2.45) is 0 Å². The van der Waals surface area contributed by atoms with E-state index in [0.717, 1.165) is 21.9 Å². The molecule has 0 aliphatic carbocycles. The van der Waals surface area contributed by atoms with E-state index in [4.69, 9.17) is 4.74 Å². The molecule has 98 valence electrons. The molecule has 3 nitrogen and oxygen atoms in total. The highest BCUT2D eigenvalue weighted by molar-refractivity contribution is 9.10. The predicted molar refractivity (Wildman–Crippen MR) is 76.7 cm³/mol. The number of hydrogen-bond acceptors (Lipinski definition) is 3. The van der Waals surface area contributed by atoms with E-state index in [9.17, 15) is 9.90 Å². The summed E-state index contributed by atoms with van der Waals surface area (Å²) in [6.07, 6.45) is 0.773. The molecule has 0 fully saturated rings. The molecule has 0 atom stereocenters. The molecule has 0 unspecified atom stereocenters. The maximum absolute atomic E-state index is 11.1. The molecular formula is C15H13BrO3. The van der Waals surface area contributed by atoms with Crippen LogP contribution in [0.3, 0.4) is 0 Å². The summed E-state index contributed by atoms with van der Waals surface area (Å²) in [5, 5.41) is 9.38. The van der Waals surface area contributed by atoms with Gasteiger partial charge in [0.05, 0.1) is 5.56 Å². The Morgan fingerprint density at radius 2 is 2.11 bits per heavy atom. The first-order valence-corrected chi connectivity index (χ1v) is 6.55. The number of carbonyl (C=O) groups excluding carboxylic acids is 1. The molecular weight excluding hydrogens is 308 g/mol. The van der Waals surface area contributed by atoms with Crippen LogP contribution in [0.15, 0.2) is 40.9 Å². The summed E-state index contributed by atoms with van der Waals surface area (Å²) in [4.78, 5) is 11.1. The summed E-state index contributed by atoms with van der Waals surface area (Å²) in [5.41, 5.74) is 2.24. The van der Waals surface area contributed by atoms with Gasteiger partial charge in [-0.05, 0) is 42.3 Å². The molecule has 0 saturated carbocycles. The van der Waals surface area contributed by atoms with E-state index in [1.54, 1.807) is 24.3 Å². The van der Waals surface area contributed by atoms with Gasteiger partial charge in [0.25, 0.3) is 0 Å². The van der Waals surface area contributed by atoms with Gasteiger partial charge in [-0.2, -0.15) is 0 Å². The molecule has 0 bridgehead atoms. The van der Waals surface area contributed by atoms with Crippen LogP contribution in [0.5, 0.6) is 11.5 Å². The van der Waals surface area contributed by atoms with Crippen molar-refractivity contribution in [3.05, 3.63) is 57.6 Å². The first-order valence-electron chi connectivity index (χ1n) is 5.76. The average molecular weight is 321 g/mol. The standard InChI is InChI=1S/C15H13BrO3/c1-10-5-13(16)7-12(8-17)15(10)19-9-11-3-2-4-14(18)6-11/h2-8,18H,9H2,1H3. The van der Waals surface area contributed by atoms with Crippen LogP contribution in [0.25, 0.3) is 0 Å². The van der Waals surface area contributed by atoms with Crippen LogP contribution in [-0.2, 0) is 6.61 Å². The van der Waals surface area contributed by atoms with Gasteiger partial charge in [0.15, 0.2) is 6.29 Å². The molecule has 0 aromatic heterocycles. The van der Waals surface area contributed by atoms with E-state index in [2.05, 4.69) is 15.9 Å². The van der Waals surface area contributed by atoms with E-state index in [-0.39, 0.29) is 5.75 Å². The molecule has 19 heavy (non-hydrogen) atoms. The number of hydrogen-bond donors (Lipinski definition) is 1. The van der Waals surface area contributed by atoms with Gasteiger partial charge in [-0.1, -0.05) is 28.1 Å². The van der Waals surface area contributed by atoms with Gasteiger partial charge >= 0.3 is 0 Å². The third-order valence-electron chi connectivity index (χ3n) is 2.69. The molecule has 2 rings (SSSR count). The van der Waals surface area contributed by atoms with Gasteiger partial charge in [-0.25, -0.2) is 0 Å². The highest BCUT2D eigenvalue weighted by atomic mass is 79.9. The summed E-state index contributed by atoms with van der Waals surface area (Å²) in [7, 11) is 0.